The molecule has 0 rings (SSSR count). The Balaban J connectivity index is -0.00000000889. The average molecular weight is 606 g/mol. The molecular weight excluding hydrogens is 606 g/mol. The Morgan fingerprint density at radius 1 is 0.304 bits per heavy atom. The molecule has 0 bridgehead atoms. The van der Waals surface area contributed by atoms with Gasteiger partial charge in [-0.05, 0) is 0 Å². The van der Waals surface area contributed by atoms with Gasteiger partial charge in [0.1, 0.15) is 0 Å². The van der Waals surface area contributed by atoms with Crippen molar-refractivity contribution in [3.05, 3.63) is 0 Å². The van der Waals surface area contributed by atoms with E-state index >= 15 is 0 Å². The molecule has 0 radical (unpaired) electrons. The second-order valence-electron chi connectivity index (χ2n) is 1.34. The third-order valence-corrected chi connectivity index (χ3v) is 0. The van der Waals surface area contributed by atoms with Gasteiger partial charge in [0.05, 0.1) is 0 Å². The molecule has 0 fully saturated rings. The van der Waals surface area contributed by atoms with E-state index in [0.717, 1.165) is 0 Å². The third kappa shape index (κ3) is 277. The van der Waals surface area contributed by atoms with Crippen LogP contribution < -0.4 is 44.0 Å². The zero-order chi connectivity index (χ0) is 13.5. The van der Waals surface area contributed by atoms with E-state index in [0.29, 0.717) is 0 Å². The summed E-state index contributed by atoms with van der Waals surface area (Å²) in [4.78, 5) is 76.9. The smallest absolute Gasteiger partial charge is 0.822 e. The molecule has 12 nitrogen and oxygen atoms in total. The first-order chi connectivity index (χ1) is 6.00. The van der Waals surface area contributed by atoms with Gasteiger partial charge in [0.25, 0.3) is 0 Å². The van der Waals surface area contributed by atoms with Crippen LogP contribution in [0.3, 0.4) is 0 Å². The van der Waals surface area contributed by atoms with Gasteiger partial charge in [-0.2, -0.15) is 23.5 Å². The van der Waals surface area contributed by atoms with Crippen LogP contribution in [0.2, 0.25) is 0 Å². The first-order valence-electron chi connectivity index (χ1n) is 2.19. The Labute approximate surface area is 371 Å². The summed E-state index contributed by atoms with van der Waals surface area (Å²) < 4.78 is 25.6. The van der Waals surface area contributed by atoms with E-state index < -0.39 is 23.5 Å². The van der Waals surface area contributed by atoms with Crippen molar-refractivity contribution < 1.29 is 57.7 Å². The molecular formula is Ca8O12P3+7. The normalized spacial score (nSPS) is 7.70. The van der Waals surface area contributed by atoms with Crippen LogP contribution >= 0.6 is 23.5 Å². The van der Waals surface area contributed by atoms with Gasteiger partial charge in [0.15, 0.2) is 0 Å². The molecule has 23 heteroatoms. The maximum absolute atomic E-state index is 8.55. The van der Waals surface area contributed by atoms with Crippen molar-refractivity contribution in [3.8, 4) is 0 Å². The van der Waals surface area contributed by atoms with Crippen LogP contribution in [0.5, 0.6) is 0 Å². The zero-order valence-corrected chi connectivity index (χ0v) is 32.2. The summed E-state index contributed by atoms with van der Waals surface area (Å²) in [5, 5.41) is 0. The van der Waals surface area contributed by atoms with Gasteiger partial charge in [-0.15, -0.1) is 0 Å². The molecule has 0 amide bonds. The quantitative estimate of drug-likeness (QED) is 0.184. The van der Waals surface area contributed by atoms with Crippen LogP contribution in [0.15, 0.2) is 0 Å². The summed E-state index contributed by atoms with van der Waals surface area (Å²) in [7, 11) is -16.2. The van der Waals surface area contributed by atoms with Crippen molar-refractivity contribution in [1.29, 1.82) is 0 Å². The molecule has 0 atom stereocenters. The van der Waals surface area contributed by atoms with Gasteiger partial charge < -0.3 is 57.7 Å². The molecule has 23 heavy (non-hydrogen) atoms. The number of rotatable bonds is 0. The number of hydrogen-bond donors (Lipinski definition) is 0. The topological polar surface area (TPSA) is 259 Å². The Kier molecular flexibility index (Phi) is 120. The van der Waals surface area contributed by atoms with Crippen molar-refractivity contribution in [2.75, 3.05) is 0 Å². The molecule has 0 N–H and O–H groups in total. The summed E-state index contributed by atoms with van der Waals surface area (Å²) in [5.41, 5.74) is 0. The summed E-state index contributed by atoms with van der Waals surface area (Å²) in [6.07, 6.45) is 0. The monoisotopic (exact) mass is 605 g/mol. The molecule has 0 unspecified atom stereocenters. The van der Waals surface area contributed by atoms with E-state index in [1.54, 1.807) is 0 Å². The Morgan fingerprint density at radius 3 is 0.304 bits per heavy atom. The SMILES string of the molecule is O=P([O-])([O-])[O-].O=P([O-])([O-])[O-].O=P([O-])([O-])[O-].[Ca+2].[Ca+2].[Ca+2].[Ca+2].[Ca+2].[Ca+2].[Ca+2].[Ca+2]. The molecule has 0 heterocycles. The van der Waals surface area contributed by atoms with Gasteiger partial charge in [-0.25, -0.2) is 0 Å². The van der Waals surface area contributed by atoms with Crippen molar-refractivity contribution in [2.45, 2.75) is 0 Å². The molecule has 0 aliphatic heterocycles. The fraction of sp³-hybridized carbons (Fsp3) is 0. The van der Waals surface area contributed by atoms with Gasteiger partial charge in [-0.3, -0.25) is 0 Å². The van der Waals surface area contributed by atoms with Crippen LogP contribution in [-0.4, -0.2) is 302 Å². The fourth-order valence-electron chi connectivity index (χ4n) is 0. The maximum Gasteiger partial charge on any atom is 2.00 e. The van der Waals surface area contributed by atoms with E-state index in [1.165, 1.54) is 0 Å². The molecule has 0 aromatic carbocycles. The van der Waals surface area contributed by atoms with E-state index in [-0.39, 0.29) is 302 Å². The van der Waals surface area contributed by atoms with Gasteiger partial charge in [-0.1, -0.05) is 0 Å². The minimum Gasteiger partial charge on any atom is -0.822 e. The van der Waals surface area contributed by atoms with Crippen molar-refractivity contribution in [1.82, 2.24) is 0 Å². The van der Waals surface area contributed by atoms with E-state index in [1.807, 2.05) is 0 Å². The van der Waals surface area contributed by atoms with Crippen LogP contribution in [0.4, 0.5) is 0 Å². The predicted molar refractivity (Wildman–Crippen MR) is 68.9 cm³/mol. The summed E-state index contributed by atoms with van der Waals surface area (Å²) in [6, 6.07) is 0. The Morgan fingerprint density at radius 2 is 0.304 bits per heavy atom. The van der Waals surface area contributed by atoms with E-state index in [9.17, 15) is 0 Å². The second-order valence-corrected chi connectivity index (χ2v) is 4.02. The number of hydrogen-bond acceptors (Lipinski definition) is 12. The van der Waals surface area contributed by atoms with Crippen LogP contribution in [0, 0.1) is 0 Å². The Hall–Kier alpha value is 10.4. The van der Waals surface area contributed by atoms with Gasteiger partial charge >= 0.3 is 302 Å². The minimum atomic E-state index is -5.39. The van der Waals surface area contributed by atoms with Gasteiger partial charge in [0.2, 0.25) is 0 Å². The maximum atomic E-state index is 8.55. The second kappa shape index (κ2) is 39.6. The summed E-state index contributed by atoms with van der Waals surface area (Å²) >= 11 is 0. The van der Waals surface area contributed by atoms with E-state index in [2.05, 4.69) is 0 Å². The first-order valence-corrected chi connectivity index (χ1v) is 6.57. The minimum absolute atomic E-state index is 0. The molecule has 0 aromatic rings. The molecule has 0 saturated heterocycles. The molecule has 0 aliphatic carbocycles. The van der Waals surface area contributed by atoms with Crippen LogP contribution in [0.1, 0.15) is 0 Å². The fourth-order valence-corrected chi connectivity index (χ4v) is 0. The predicted octanol–water partition coefficient (Wildman–Crippen LogP) is -11.5. The van der Waals surface area contributed by atoms with Crippen molar-refractivity contribution in [3.63, 3.8) is 0 Å². The van der Waals surface area contributed by atoms with Crippen molar-refractivity contribution in [2.24, 2.45) is 0 Å². The van der Waals surface area contributed by atoms with Gasteiger partial charge in [0, 0.05) is 0 Å². The summed E-state index contributed by atoms with van der Waals surface area (Å²) in [6.45, 7) is 0. The van der Waals surface area contributed by atoms with Crippen molar-refractivity contribution >= 4 is 325 Å². The molecule has 0 aliphatic rings. The number of phosphoric acid groups is 3. The zero-order valence-electron chi connectivity index (χ0n) is 11.9. The van der Waals surface area contributed by atoms with E-state index in [4.69, 9.17) is 57.7 Å². The standard InChI is InChI=1S/8Ca.3H3O4P/c;;;;;;;;3*1-5(2,3)4/h;;;;;;;;3*(H3,1,2,3,4)/q8*+2;;;/p-9. The average Bonchev–Trinajstić information content (AvgIpc) is 1.41. The molecule has 0 spiro atoms. The largest absolute Gasteiger partial charge is 2.00 e. The molecule has 96 valence electrons. The Bertz CT molecular complexity index is 218. The molecule has 0 aromatic heterocycles. The first kappa shape index (κ1) is 69.9. The third-order valence-electron chi connectivity index (χ3n) is 0. The summed E-state index contributed by atoms with van der Waals surface area (Å²) in [5.74, 6) is 0. The molecule has 0 saturated carbocycles. The van der Waals surface area contributed by atoms with Crippen LogP contribution in [-0.2, 0) is 13.7 Å². The van der Waals surface area contributed by atoms with Crippen LogP contribution in [0.25, 0.3) is 0 Å².